The normalized spacial score (nSPS) is 18.5. The molecule has 2 atom stereocenters. The van der Waals surface area contributed by atoms with Crippen molar-refractivity contribution in [3.63, 3.8) is 0 Å². The van der Waals surface area contributed by atoms with Crippen molar-refractivity contribution >= 4 is 22.6 Å². The second kappa shape index (κ2) is 8.88. The minimum absolute atomic E-state index is 0.0296. The fourth-order valence-corrected chi connectivity index (χ4v) is 3.63. The summed E-state index contributed by atoms with van der Waals surface area (Å²) in [5.41, 5.74) is 1.30. The van der Waals surface area contributed by atoms with Gasteiger partial charge in [0.2, 0.25) is 0 Å². The zero-order valence-electron chi connectivity index (χ0n) is 16.1. The van der Waals surface area contributed by atoms with Gasteiger partial charge in [0.25, 0.3) is 11.8 Å². The fraction of sp³-hybridized carbons (Fsp3) is 0.250. The highest BCUT2D eigenvalue weighted by atomic mass is 16.5. The van der Waals surface area contributed by atoms with Gasteiger partial charge >= 0.3 is 0 Å². The highest BCUT2D eigenvalue weighted by Gasteiger charge is 2.26. The SMILES string of the molecule is O=C(NC[C@@H]1CO[C@H](CNC(=O)c2ccc3ccccc3c2)C1)c1ccccc1. The lowest BCUT2D eigenvalue weighted by Gasteiger charge is -2.12. The van der Waals surface area contributed by atoms with Crippen molar-refractivity contribution in [1.29, 1.82) is 0 Å². The molecule has 0 spiro atoms. The molecule has 3 aromatic carbocycles. The van der Waals surface area contributed by atoms with Crippen molar-refractivity contribution in [3.05, 3.63) is 83.9 Å². The molecule has 1 aliphatic rings. The molecule has 1 aliphatic heterocycles. The third kappa shape index (κ3) is 4.81. The minimum atomic E-state index is -0.0971. The molecule has 2 N–H and O–H groups in total. The summed E-state index contributed by atoms with van der Waals surface area (Å²) < 4.78 is 5.79. The Labute approximate surface area is 170 Å². The first kappa shape index (κ1) is 19.2. The Morgan fingerprint density at radius 3 is 2.31 bits per heavy atom. The first-order valence-electron chi connectivity index (χ1n) is 9.91. The second-order valence-corrected chi connectivity index (χ2v) is 7.41. The van der Waals surface area contributed by atoms with Crippen LogP contribution in [0.4, 0.5) is 0 Å². The number of hydrogen-bond donors (Lipinski definition) is 2. The molecule has 0 radical (unpaired) electrons. The van der Waals surface area contributed by atoms with Crippen molar-refractivity contribution in [2.75, 3.05) is 19.7 Å². The molecule has 1 saturated heterocycles. The lowest BCUT2D eigenvalue weighted by Crippen LogP contribution is -2.32. The summed E-state index contributed by atoms with van der Waals surface area (Å²) in [4.78, 5) is 24.6. The molecule has 5 nitrogen and oxygen atoms in total. The summed E-state index contributed by atoms with van der Waals surface area (Å²) in [6.07, 6.45) is 0.783. The van der Waals surface area contributed by atoms with Crippen LogP contribution < -0.4 is 10.6 Å². The predicted octanol–water partition coefficient (Wildman–Crippen LogP) is 3.40. The Morgan fingerprint density at radius 1 is 0.793 bits per heavy atom. The second-order valence-electron chi connectivity index (χ2n) is 7.41. The number of carbonyl (C=O) groups excluding carboxylic acids is 2. The average Bonchev–Trinajstić information content (AvgIpc) is 3.24. The van der Waals surface area contributed by atoms with E-state index in [9.17, 15) is 9.59 Å². The van der Waals surface area contributed by atoms with Crippen molar-refractivity contribution in [2.45, 2.75) is 12.5 Å². The maximum atomic E-state index is 12.5. The zero-order chi connectivity index (χ0) is 20.1. The van der Waals surface area contributed by atoms with Gasteiger partial charge in [-0.05, 0) is 41.5 Å². The van der Waals surface area contributed by atoms with Gasteiger partial charge in [0.1, 0.15) is 0 Å². The molecule has 3 aromatic rings. The summed E-state index contributed by atoms with van der Waals surface area (Å²) in [6.45, 7) is 1.63. The average molecular weight is 388 g/mol. The standard InChI is InChI=1S/C24H24N2O3/c27-23(19-7-2-1-3-8-19)25-14-17-12-22(29-16-17)15-26-24(28)21-11-10-18-6-4-5-9-20(18)13-21/h1-11,13,17,22H,12,14-16H2,(H,25,27)(H,26,28)/t17-,22+/m1/s1. The topological polar surface area (TPSA) is 67.4 Å². The van der Waals surface area contributed by atoms with E-state index >= 15 is 0 Å². The molecule has 0 bridgehead atoms. The Hall–Kier alpha value is -3.18. The Morgan fingerprint density at radius 2 is 1.48 bits per heavy atom. The molecule has 1 heterocycles. The number of fused-ring (bicyclic) bond motifs is 1. The third-order valence-electron chi connectivity index (χ3n) is 5.25. The van der Waals surface area contributed by atoms with Gasteiger partial charge in [-0.1, -0.05) is 48.5 Å². The van der Waals surface area contributed by atoms with E-state index in [1.807, 2.05) is 60.7 Å². The molecule has 0 aromatic heterocycles. The minimum Gasteiger partial charge on any atom is -0.376 e. The third-order valence-corrected chi connectivity index (χ3v) is 5.25. The summed E-state index contributed by atoms with van der Waals surface area (Å²) in [6, 6.07) is 22.9. The number of nitrogens with one attached hydrogen (secondary N) is 2. The molecule has 148 valence electrons. The van der Waals surface area contributed by atoms with E-state index in [-0.39, 0.29) is 23.8 Å². The monoisotopic (exact) mass is 388 g/mol. The van der Waals surface area contributed by atoms with Gasteiger partial charge < -0.3 is 15.4 Å². The number of hydrogen-bond acceptors (Lipinski definition) is 3. The van der Waals surface area contributed by atoms with Crippen LogP contribution in [0.25, 0.3) is 10.8 Å². The first-order valence-corrected chi connectivity index (χ1v) is 9.91. The lowest BCUT2D eigenvalue weighted by atomic mass is 10.0. The van der Waals surface area contributed by atoms with Gasteiger partial charge in [-0.2, -0.15) is 0 Å². The van der Waals surface area contributed by atoms with Crippen LogP contribution in [0.3, 0.4) is 0 Å². The highest BCUT2D eigenvalue weighted by molar-refractivity contribution is 5.98. The number of benzene rings is 3. The summed E-state index contributed by atoms with van der Waals surface area (Å²) in [5.74, 6) is 0.0871. The van der Waals surface area contributed by atoms with Crippen molar-refractivity contribution in [1.82, 2.24) is 10.6 Å². The lowest BCUT2D eigenvalue weighted by molar-refractivity contribution is 0.0843. The van der Waals surface area contributed by atoms with E-state index in [1.165, 1.54) is 0 Å². The van der Waals surface area contributed by atoms with E-state index in [0.717, 1.165) is 17.2 Å². The molecular formula is C24H24N2O3. The van der Waals surface area contributed by atoms with Gasteiger partial charge in [0, 0.05) is 30.1 Å². The van der Waals surface area contributed by atoms with E-state index in [1.54, 1.807) is 12.1 Å². The van der Waals surface area contributed by atoms with E-state index in [2.05, 4.69) is 10.6 Å². The zero-order valence-corrected chi connectivity index (χ0v) is 16.1. The summed E-state index contributed by atoms with van der Waals surface area (Å²) in [5, 5.41) is 8.09. The molecule has 0 saturated carbocycles. The highest BCUT2D eigenvalue weighted by Crippen LogP contribution is 2.19. The van der Waals surface area contributed by atoms with Crippen molar-refractivity contribution in [2.24, 2.45) is 5.92 Å². The molecular weight excluding hydrogens is 364 g/mol. The fourth-order valence-electron chi connectivity index (χ4n) is 3.63. The Balaban J connectivity index is 1.23. The van der Waals surface area contributed by atoms with Crippen LogP contribution in [0, 0.1) is 5.92 Å². The molecule has 4 rings (SSSR count). The van der Waals surface area contributed by atoms with Crippen LogP contribution in [-0.4, -0.2) is 37.6 Å². The summed E-state index contributed by atoms with van der Waals surface area (Å²) in [7, 11) is 0. The van der Waals surface area contributed by atoms with Crippen LogP contribution in [0.1, 0.15) is 27.1 Å². The molecule has 2 amide bonds. The number of amides is 2. The smallest absolute Gasteiger partial charge is 0.251 e. The van der Waals surface area contributed by atoms with Gasteiger partial charge in [-0.15, -0.1) is 0 Å². The quantitative estimate of drug-likeness (QED) is 0.680. The van der Waals surface area contributed by atoms with E-state index in [4.69, 9.17) is 4.74 Å². The van der Waals surface area contributed by atoms with Crippen LogP contribution in [0.15, 0.2) is 72.8 Å². The van der Waals surface area contributed by atoms with Crippen LogP contribution in [-0.2, 0) is 4.74 Å². The Kier molecular flexibility index (Phi) is 5.86. The van der Waals surface area contributed by atoms with Gasteiger partial charge in [-0.3, -0.25) is 9.59 Å². The Bertz CT molecular complexity index is 1000. The van der Waals surface area contributed by atoms with E-state index < -0.39 is 0 Å². The number of carbonyl (C=O) groups is 2. The first-order chi connectivity index (χ1) is 14.2. The van der Waals surface area contributed by atoms with Gasteiger partial charge in [-0.25, -0.2) is 0 Å². The predicted molar refractivity (Wildman–Crippen MR) is 113 cm³/mol. The van der Waals surface area contributed by atoms with Crippen LogP contribution in [0.2, 0.25) is 0 Å². The maximum absolute atomic E-state index is 12.5. The van der Waals surface area contributed by atoms with Gasteiger partial charge in [0.05, 0.1) is 12.7 Å². The molecule has 0 aliphatic carbocycles. The largest absolute Gasteiger partial charge is 0.376 e. The summed E-state index contributed by atoms with van der Waals surface area (Å²) >= 11 is 0. The number of ether oxygens (including phenoxy) is 1. The van der Waals surface area contributed by atoms with Crippen molar-refractivity contribution in [3.8, 4) is 0 Å². The molecule has 29 heavy (non-hydrogen) atoms. The van der Waals surface area contributed by atoms with Crippen LogP contribution in [0.5, 0.6) is 0 Å². The molecule has 0 unspecified atom stereocenters. The van der Waals surface area contributed by atoms with Crippen LogP contribution >= 0.6 is 0 Å². The molecule has 5 heteroatoms. The van der Waals surface area contributed by atoms with E-state index in [0.29, 0.717) is 30.8 Å². The maximum Gasteiger partial charge on any atom is 0.251 e. The van der Waals surface area contributed by atoms with Crippen molar-refractivity contribution < 1.29 is 14.3 Å². The van der Waals surface area contributed by atoms with Gasteiger partial charge in [0.15, 0.2) is 0 Å². The molecule has 1 fully saturated rings. The number of rotatable bonds is 6.